The fourth-order valence-corrected chi connectivity index (χ4v) is 3.30. The van der Waals surface area contributed by atoms with Gasteiger partial charge in [0.05, 0.1) is 11.3 Å². The van der Waals surface area contributed by atoms with E-state index in [1.807, 2.05) is 0 Å². The summed E-state index contributed by atoms with van der Waals surface area (Å²) in [6.07, 6.45) is -8.93. The summed E-state index contributed by atoms with van der Waals surface area (Å²) in [5.41, 5.74) is -2.48. The summed E-state index contributed by atoms with van der Waals surface area (Å²) in [6.45, 7) is 0. The number of aromatic nitrogens is 3. The Hall–Kier alpha value is -4.28. The smallest absolute Gasteiger partial charge is 0.433 e. The third-order valence-electron chi connectivity index (χ3n) is 4.96. The predicted octanol–water partition coefficient (Wildman–Crippen LogP) is 6.61. The fourth-order valence-electron chi connectivity index (χ4n) is 3.30. The van der Waals surface area contributed by atoms with Gasteiger partial charge in [-0.2, -0.15) is 26.3 Å². The quantitative estimate of drug-likeness (QED) is 0.327. The van der Waals surface area contributed by atoms with Crippen LogP contribution in [0.4, 0.5) is 26.3 Å². The van der Waals surface area contributed by atoms with E-state index in [0.717, 1.165) is 12.3 Å². The van der Waals surface area contributed by atoms with Crippen molar-refractivity contribution >= 4 is 5.97 Å². The molecule has 5 nitrogen and oxygen atoms in total. The Morgan fingerprint density at radius 3 is 1.94 bits per heavy atom. The van der Waals surface area contributed by atoms with Crippen LogP contribution in [0.15, 0.2) is 72.9 Å². The molecule has 2 aromatic carbocycles. The van der Waals surface area contributed by atoms with E-state index < -0.39 is 35.5 Å². The minimum Gasteiger partial charge on any atom is -0.478 e. The lowest BCUT2D eigenvalue weighted by atomic mass is 9.98. The van der Waals surface area contributed by atoms with Gasteiger partial charge in [-0.15, -0.1) is 0 Å². The first-order valence-electron chi connectivity index (χ1n) is 9.86. The van der Waals surface area contributed by atoms with Gasteiger partial charge in [0.1, 0.15) is 11.4 Å². The zero-order chi connectivity index (χ0) is 25.4. The Morgan fingerprint density at radius 2 is 1.37 bits per heavy atom. The molecule has 0 aliphatic carbocycles. The number of carbonyl (C=O) groups is 1. The molecule has 0 spiro atoms. The molecule has 178 valence electrons. The lowest BCUT2D eigenvalue weighted by Gasteiger charge is -2.13. The molecule has 0 radical (unpaired) electrons. The summed E-state index contributed by atoms with van der Waals surface area (Å²) in [5.74, 6) is -1.97. The molecule has 0 bridgehead atoms. The monoisotopic (exact) mass is 489 g/mol. The summed E-state index contributed by atoms with van der Waals surface area (Å²) in [7, 11) is 0. The molecular weight excluding hydrogens is 476 g/mol. The maximum absolute atomic E-state index is 13.6. The molecule has 0 aliphatic rings. The molecule has 1 N–H and O–H groups in total. The highest BCUT2D eigenvalue weighted by Crippen LogP contribution is 2.35. The van der Waals surface area contributed by atoms with Crippen LogP contribution in [0.25, 0.3) is 33.8 Å². The Balaban J connectivity index is 1.92. The summed E-state index contributed by atoms with van der Waals surface area (Å²) in [4.78, 5) is 22.7. The lowest BCUT2D eigenvalue weighted by molar-refractivity contribution is -0.141. The number of rotatable bonds is 4. The van der Waals surface area contributed by atoms with Gasteiger partial charge in [-0.05, 0) is 41.5 Å². The molecule has 0 atom stereocenters. The van der Waals surface area contributed by atoms with Gasteiger partial charge < -0.3 is 5.11 Å². The van der Waals surface area contributed by atoms with Crippen molar-refractivity contribution in [3.63, 3.8) is 0 Å². The number of carboxylic acids is 1. The van der Waals surface area contributed by atoms with Crippen LogP contribution in [-0.2, 0) is 12.4 Å². The van der Waals surface area contributed by atoms with Crippen LogP contribution in [0.2, 0.25) is 0 Å². The van der Waals surface area contributed by atoms with Gasteiger partial charge in [-0.1, -0.05) is 36.4 Å². The summed E-state index contributed by atoms with van der Waals surface area (Å²) in [6, 6.07) is 14.9. The number of hydrogen-bond acceptors (Lipinski definition) is 4. The zero-order valence-electron chi connectivity index (χ0n) is 17.4. The first kappa shape index (κ1) is 23.9. The van der Waals surface area contributed by atoms with Crippen LogP contribution in [0.3, 0.4) is 0 Å². The number of nitrogens with zero attached hydrogens (tertiary/aromatic N) is 3. The number of halogens is 6. The van der Waals surface area contributed by atoms with E-state index in [4.69, 9.17) is 0 Å². The largest absolute Gasteiger partial charge is 0.478 e. The Morgan fingerprint density at radius 1 is 0.714 bits per heavy atom. The Bertz CT molecular complexity index is 1390. The van der Waals surface area contributed by atoms with Crippen molar-refractivity contribution < 1.29 is 36.2 Å². The van der Waals surface area contributed by atoms with Crippen molar-refractivity contribution in [2.75, 3.05) is 0 Å². The van der Waals surface area contributed by atoms with Gasteiger partial charge in [0.25, 0.3) is 0 Å². The van der Waals surface area contributed by atoms with Crippen LogP contribution in [-0.4, -0.2) is 26.0 Å². The molecule has 11 heteroatoms. The number of pyridine rings is 1. The maximum Gasteiger partial charge on any atom is 0.433 e. The normalized spacial score (nSPS) is 11.9. The fraction of sp³-hybridized carbons (Fsp3) is 0.0833. The van der Waals surface area contributed by atoms with Crippen molar-refractivity contribution in [1.29, 1.82) is 0 Å². The third kappa shape index (κ3) is 5.13. The van der Waals surface area contributed by atoms with E-state index in [1.165, 1.54) is 18.2 Å². The lowest BCUT2D eigenvalue weighted by Crippen LogP contribution is -2.12. The number of alkyl halides is 6. The summed E-state index contributed by atoms with van der Waals surface area (Å²) < 4.78 is 79.4. The molecular formula is C24H13F6N3O2. The number of hydrogen-bond donors (Lipinski definition) is 1. The molecule has 2 heterocycles. The highest BCUT2D eigenvalue weighted by atomic mass is 19.4. The van der Waals surface area contributed by atoms with E-state index >= 15 is 0 Å². The van der Waals surface area contributed by atoms with Crippen molar-refractivity contribution in [2.45, 2.75) is 12.4 Å². The Labute approximate surface area is 193 Å². The average molecular weight is 489 g/mol. The van der Waals surface area contributed by atoms with Crippen LogP contribution >= 0.6 is 0 Å². The van der Waals surface area contributed by atoms with Crippen molar-refractivity contribution in [3.8, 4) is 33.8 Å². The first-order chi connectivity index (χ1) is 16.4. The molecule has 4 aromatic rings. The van der Waals surface area contributed by atoms with E-state index in [9.17, 15) is 36.2 Å². The second-order valence-corrected chi connectivity index (χ2v) is 7.32. The van der Waals surface area contributed by atoms with Gasteiger partial charge in [0, 0.05) is 17.3 Å². The molecule has 0 saturated heterocycles. The number of carboxylic acid groups (broad SMARTS) is 1. The minimum absolute atomic E-state index is 0.136. The average Bonchev–Trinajstić information content (AvgIpc) is 2.83. The number of aromatic carboxylic acids is 1. The predicted molar refractivity (Wildman–Crippen MR) is 113 cm³/mol. The highest BCUT2D eigenvalue weighted by molar-refractivity contribution is 5.96. The van der Waals surface area contributed by atoms with E-state index in [2.05, 4.69) is 15.0 Å². The third-order valence-corrected chi connectivity index (χ3v) is 4.96. The summed E-state index contributed by atoms with van der Waals surface area (Å²) in [5, 5.41) is 9.62. The number of benzene rings is 2. The van der Waals surface area contributed by atoms with Crippen molar-refractivity contribution in [3.05, 3.63) is 89.9 Å². The molecule has 0 unspecified atom stereocenters. The zero-order valence-corrected chi connectivity index (χ0v) is 17.4. The van der Waals surface area contributed by atoms with Crippen LogP contribution in [0, 0.1) is 0 Å². The minimum atomic E-state index is -4.94. The maximum atomic E-state index is 13.6. The van der Waals surface area contributed by atoms with Gasteiger partial charge >= 0.3 is 18.3 Å². The van der Waals surface area contributed by atoms with Crippen LogP contribution < -0.4 is 0 Å². The highest BCUT2D eigenvalue weighted by Gasteiger charge is 2.35. The van der Waals surface area contributed by atoms with Gasteiger partial charge in [-0.3, -0.25) is 4.98 Å². The first-order valence-corrected chi connectivity index (χ1v) is 9.86. The van der Waals surface area contributed by atoms with Crippen molar-refractivity contribution in [1.82, 2.24) is 15.0 Å². The summed E-state index contributed by atoms with van der Waals surface area (Å²) >= 11 is 0. The molecule has 2 aromatic heterocycles. The van der Waals surface area contributed by atoms with E-state index in [0.29, 0.717) is 23.3 Å². The second kappa shape index (κ2) is 8.82. The topological polar surface area (TPSA) is 76.0 Å². The van der Waals surface area contributed by atoms with E-state index in [1.54, 1.807) is 30.3 Å². The van der Waals surface area contributed by atoms with Crippen LogP contribution in [0.1, 0.15) is 21.7 Å². The molecule has 0 amide bonds. The van der Waals surface area contributed by atoms with Crippen LogP contribution in [0.5, 0.6) is 0 Å². The molecule has 0 aliphatic heterocycles. The van der Waals surface area contributed by atoms with Gasteiger partial charge in [0.2, 0.25) is 0 Å². The molecule has 4 rings (SSSR count). The second-order valence-electron chi connectivity index (χ2n) is 7.32. The molecule has 0 fully saturated rings. The SMILES string of the molecule is O=C(O)c1ccc(-c2ccccc2)cc1-c1nc(-c2ccc(C(F)(F)F)nc2)cc(C(F)(F)F)n1. The molecule has 35 heavy (non-hydrogen) atoms. The van der Waals surface area contributed by atoms with Crippen molar-refractivity contribution in [2.24, 2.45) is 0 Å². The van der Waals surface area contributed by atoms with Gasteiger partial charge in [0.15, 0.2) is 5.82 Å². The standard InChI is InChI=1S/C24H13F6N3O2/c25-23(26,27)19-9-7-15(12-31-19)18-11-20(24(28,29)30)33-21(32-18)17-10-14(6-8-16(17)22(34)35)13-4-2-1-3-5-13/h1-12H,(H,34,35). The Kier molecular flexibility index (Phi) is 6.01. The van der Waals surface area contributed by atoms with Gasteiger partial charge in [-0.25, -0.2) is 14.8 Å². The van der Waals surface area contributed by atoms with E-state index in [-0.39, 0.29) is 22.4 Å². The molecule has 0 saturated carbocycles.